The summed E-state index contributed by atoms with van der Waals surface area (Å²) in [6.07, 6.45) is 3.54. The number of likely N-dealkylation sites (N-methyl/N-ethyl adjacent to an activating group) is 1. The van der Waals surface area contributed by atoms with E-state index in [-0.39, 0.29) is 42.1 Å². The average molecular weight is 567 g/mol. The molecule has 0 aromatic heterocycles. The number of Topliss-reactive ketones (excluding diaryl/α,β-unsaturated/α-hetero) is 2. The number of likely N-dealkylation sites (tertiary alicyclic amines) is 1. The third kappa shape index (κ3) is 3.92. The normalized spacial score (nSPS) is 32.7. The van der Waals surface area contributed by atoms with Crippen molar-refractivity contribution in [2.24, 2.45) is 23.5 Å². The number of piperidine rings is 1. The van der Waals surface area contributed by atoms with Crippen LogP contribution in [0.1, 0.15) is 41.6 Å². The van der Waals surface area contributed by atoms with Crippen LogP contribution < -0.4 is 11.1 Å². The van der Waals surface area contributed by atoms with Gasteiger partial charge in [0.2, 0.25) is 11.7 Å². The Bertz CT molecular complexity index is 1460. The van der Waals surface area contributed by atoms with Gasteiger partial charge in [-0.1, -0.05) is 6.07 Å². The molecule has 218 valence electrons. The molecule has 2 bridgehead atoms. The lowest BCUT2D eigenvalue weighted by atomic mass is 9.58. The number of hydrogen-bond acceptors (Lipinski definition) is 10. The van der Waals surface area contributed by atoms with Gasteiger partial charge in [-0.3, -0.25) is 29.0 Å². The quantitative estimate of drug-likeness (QED) is 0.216. The van der Waals surface area contributed by atoms with Gasteiger partial charge in [0.1, 0.15) is 17.1 Å². The van der Waals surface area contributed by atoms with Crippen LogP contribution in [0.15, 0.2) is 34.8 Å². The lowest BCUT2D eigenvalue weighted by Crippen LogP contribution is -2.63. The molecule has 0 radical (unpaired) electrons. The monoisotopic (exact) mass is 566 g/mol. The van der Waals surface area contributed by atoms with E-state index in [2.05, 4.69) is 10.2 Å². The van der Waals surface area contributed by atoms with Gasteiger partial charge in [0.05, 0.1) is 23.8 Å². The Labute approximate surface area is 236 Å². The van der Waals surface area contributed by atoms with Crippen LogP contribution in [-0.2, 0) is 20.8 Å². The number of carbonyl (C=O) groups is 4. The highest BCUT2D eigenvalue weighted by molar-refractivity contribution is 6.25. The van der Waals surface area contributed by atoms with Crippen molar-refractivity contribution in [1.29, 1.82) is 0 Å². The van der Waals surface area contributed by atoms with Crippen LogP contribution in [0.2, 0.25) is 0 Å². The summed E-state index contributed by atoms with van der Waals surface area (Å²) in [6, 6.07) is 2.51. The second-order valence-electron chi connectivity index (χ2n) is 12.3. The number of nitrogens with zero attached hydrogens (tertiary/aromatic N) is 2. The van der Waals surface area contributed by atoms with E-state index in [1.807, 2.05) is 0 Å². The molecule has 5 aliphatic rings. The number of fused-ring (bicyclic) bond motifs is 5. The summed E-state index contributed by atoms with van der Waals surface area (Å²) < 4.78 is 0. The van der Waals surface area contributed by atoms with Crippen molar-refractivity contribution in [3.05, 3.63) is 45.9 Å². The van der Waals surface area contributed by atoms with Crippen molar-refractivity contribution in [2.45, 2.75) is 49.8 Å². The van der Waals surface area contributed by atoms with Crippen molar-refractivity contribution in [2.75, 3.05) is 32.5 Å². The number of carbonyl (C=O) groups excluding carboxylic acids is 4. The van der Waals surface area contributed by atoms with Gasteiger partial charge in [0.25, 0.3) is 5.91 Å². The molecule has 12 heteroatoms. The van der Waals surface area contributed by atoms with Crippen molar-refractivity contribution in [1.82, 2.24) is 9.80 Å². The van der Waals surface area contributed by atoms with Crippen LogP contribution in [-0.4, -0.2) is 98.5 Å². The minimum atomic E-state index is -2.69. The third-order valence-electron chi connectivity index (χ3n) is 9.74. The molecule has 2 fully saturated rings. The van der Waals surface area contributed by atoms with Gasteiger partial charge in [-0.25, -0.2) is 0 Å². The van der Waals surface area contributed by atoms with E-state index in [1.165, 1.54) is 17.4 Å². The Morgan fingerprint density at radius 3 is 2.49 bits per heavy atom. The number of allylic oxidation sites excluding steroid dienone is 1. The molecule has 41 heavy (non-hydrogen) atoms. The largest absolute Gasteiger partial charge is 0.510 e. The molecule has 1 saturated carbocycles. The van der Waals surface area contributed by atoms with Crippen LogP contribution in [0.3, 0.4) is 0 Å². The fourth-order valence-electron chi connectivity index (χ4n) is 7.92. The number of benzene rings is 1. The number of ketones is 2. The second-order valence-corrected chi connectivity index (χ2v) is 12.3. The summed E-state index contributed by atoms with van der Waals surface area (Å²) in [5.74, 6) is -6.78. The summed E-state index contributed by atoms with van der Waals surface area (Å²) >= 11 is 0. The second kappa shape index (κ2) is 9.40. The van der Waals surface area contributed by atoms with Crippen molar-refractivity contribution in [3.8, 4) is 5.75 Å². The number of primary amides is 1. The predicted molar refractivity (Wildman–Crippen MR) is 145 cm³/mol. The Kier molecular flexibility index (Phi) is 6.29. The number of nitrogens with two attached hydrogens (primary N) is 1. The van der Waals surface area contributed by atoms with Gasteiger partial charge in [-0.2, -0.15) is 0 Å². The molecule has 4 unspecified atom stereocenters. The Balaban J connectivity index is 1.35. The molecule has 1 saturated heterocycles. The first-order chi connectivity index (χ1) is 19.3. The highest BCUT2D eigenvalue weighted by Gasteiger charge is 2.63. The van der Waals surface area contributed by atoms with Gasteiger partial charge in [0, 0.05) is 24.1 Å². The molecule has 1 aliphatic heterocycles. The smallest absolute Gasteiger partial charge is 0.255 e. The maximum atomic E-state index is 13.8. The molecule has 12 nitrogen and oxygen atoms in total. The van der Waals surface area contributed by atoms with Crippen LogP contribution in [0.5, 0.6) is 5.75 Å². The summed E-state index contributed by atoms with van der Waals surface area (Å²) in [7, 11) is 3.16. The van der Waals surface area contributed by atoms with Gasteiger partial charge in [0.15, 0.2) is 17.1 Å². The van der Waals surface area contributed by atoms with E-state index in [9.17, 15) is 39.6 Å². The first kappa shape index (κ1) is 27.4. The molecule has 4 aliphatic carbocycles. The maximum absolute atomic E-state index is 13.8. The van der Waals surface area contributed by atoms with E-state index in [1.54, 1.807) is 20.2 Å². The number of nitrogens with one attached hydrogen (secondary N) is 1. The molecule has 2 amide bonds. The number of aliphatic hydroxyl groups is 3. The van der Waals surface area contributed by atoms with Gasteiger partial charge in [-0.15, -0.1) is 0 Å². The molecule has 1 aromatic rings. The first-order valence-corrected chi connectivity index (χ1v) is 13.9. The van der Waals surface area contributed by atoms with E-state index in [4.69, 9.17) is 5.73 Å². The maximum Gasteiger partial charge on any atom is 0.255 e. The number of phenolic OH excluding ortho intramolecular Hbond substituents is 1. The minimum Gasteiger partial charge on any atom is -0.510 e. The molecular formula is C29H34N4O8. The number of rotatable bonds is 5. The average Bonchev–Trinajstić information content (AvgIpc) is 3.51. The van der Waals surface area contributed by atoms with Crippen molar-refractivity contribution in [3.63, 3.8) is 0 Å². The fourth-order valence-corrected chi connectivity index (χ4v) is 7.92. The van der Waals surface area contributed by atoms with Crippen LogP contribution in [0.4, 0.5) is 5.69 Å². The third-order valence-corrected chi connectivity index (χ3v) is 9.74. The highest BCUT2D eigenvalue weighted by Crippen LogP contribution is 2.52. The molecule has 0 spiro atoms. The van der Waals surface area contributed by atoms with Gasteiger partial charge >= 0.3 is 0 Å². The van der Waals surface area contributed by atoms with E-state index in [0.717, 1.165) is 19.4 Å². The Morgan fingerprint density at radius 2 is 1.88 bits per heavy atom. The number of phenols is 1. The summed E-state index contributed by atoms with van der Waals surface area (Å²) in [4.78, 5) is 55.8. The first-order valence-electron chi connectivity index (χ1n) is 13.9. The number of aromatic hydroxyl groups is 1. The lowest BCUT2D eigenvalue weighted by Gasteiger charge is -2.50. The number of amides is 2. The molecule has 6 atom stereocenters. The van der Waals surface area contributed by atoms with E-state index >= 15 is 0 Å². The molecular weight excluding hydrogens is 532 g/mol. The van der Waals surface area contributed by atoms with Crippen molar-refractivity contribution < 1.29 is 39.6 Å². The van der Waals surface area contributed by atoms with Gasteiger partial charge in [-0.05, 0) is 69.7 Å². The molecule has 7 N–H and O–H groups in total. The zero-order valence-corrected chi connectivity index (χ0v) is 22.9. The predicted octanol–water partition coefficient (Wildman–Crippen LogP) is 0.543. The Hall–Kier alpha value is -3.74. The minimum absolute atomic E-state index is 0.0169. The number of hydrogen-bond donors (Lipinski definition) is 6. The number of aliphatic hydroxyl groups excluding tert-OH is 2. The SMILES string of the molecule is CN(C)[C@H]1C(O)=C(C(N)=O)C(=O)[C@]2(O)C(O)=C3C(=O)c4c(ccc(NC(=O)CN5CC6CCC5C6)c4O)CC3CC12. The van der Waals surface area contributed by atoms with E-state index < -0.39 is 63.8 Å². The zero-order valence-electron chi connectivity index (χ0n) is 22.9. The molecule has 1 heterocycles. The standard InChI is InChI=1S/C29H34N4O8/c1-32(2)22-16-9-14-8-13-4-6-17(31-18(34)11-33-10-12-3-5-15(33)7-12)23(35)19(13)24(36)20(14)26(38)29(16,41)27(39)21(25(22)37)28(30)40/h4,6,12,14-16,22,35,37-38,41H,3,5,7-11H2,1-2H3,(H2,30,40)(H,31,34)/t12?,14?,15?,16?,22-,29-/m1/s1. The summed E-state index contributed by atoms with van der Waals surface area (Å²) in [5, 5.41) is 47.7. The lowest BCUT2D eigenvalue weighted by molar-refractivity contribution is -0.148. The topological polar surface area (TPSA) is 194 Å². The molecule has 6 rings (SSSR count). The summed E-state index contributed by atoms with van der Waals surface area (Å²) in [5.41, 5.74) is 1.97. The highest BCUT2D eigenvalue weighted by atomic mass is 16.3. The fraction of sp³-hybridized carbons (Fsp3) is 0.517. The van der Waals surface area contributed by atoms with Crippen LogP contribution in [0, 0.1) is 17.8 Å². The van der Waals surface area contributed by atoms with Crippen LogP contribution in [0.25, 0.3) is 0 Å². The molecule has 1 aromatic carbocycles. The van der Waals surface area contributed by atoms with Crippen molar-refractivity contribution >= 4 is 29.1 Å². The summed E-state index contributed by atoms with van der Waals surface area (Å²) in [6.45, 7) is 1.04. The zero-order chi connectivity index (χ0) is 29.5. The van der Waals surface area contributed by atoms with Gasteiger partial charge < -0.3 is 31.5 Å². The van der Waals surface area contributed by atoms with E-state index in [0.29, 0.717) is 17.5 Å². The number of anilines is 1. The Morgan fingerprint density at radius 1 is 1.15 bits per heavy atom. The van der Waals surface area contributed by atoms with Crippen LogP contribution >= 0.6 is 0 Å².